The Morgan fingerprint density at radius 1 is 1.15 bits per heavy atom. The number of nitrogens with one attached hydrogen (secondary N) is 1. The molecular weight excluding hydrogens is 378 g/mol. The second kappa shape index (κ2) is 7.60. The highest BCUT2D eigenvalue weighted by Crippen LogP contribution is 2.30. The average Bonchev–Trinajstić information content (AvgIpc) is 2.59. The van der Waals surface area contributed by atoms with Crippen molar-refractivity contribution in [1.82, 2.24) is 4.72 Å². The van der Waals surface area contributed by atoms with Gasteiger partial charge in [-0.3, -0.25) is 0 Å². The molecule has 2 aromatic rings. The molecule has 0 saturated heterocycles. The monoisotopic (exact) mass is 393 g/mol. The topological polar surface area (TPSA) is 75.6 Å². The maximum Gasteiger partial charge on any atom is 0.416 e. The van der Waals surface area contributed by atoms with Gasteiger partial charge in [-0.05, 0) is 35.9 Å². The fourth-order valence-corrected chi connectivity index (χ4v) is 3.36. The van der Waals surface area contributed by atoms with E-state index in [0.717, 1.165) is 42.5 Å². The summed E-state index contributed by atoms with van der Waals surface area (Å²) in [5, 5.41) is 9.99. The lowest BCUT2D eigenvalue weighted by atomic mass is 10.1. The normalized spacial score (nSPS) is 13.5. The van der Waals surface area contributed by atoms with Gasteiger partial charge in [-0.2, -0.15) is 13.2 Å². The molecule has 0 spiro atoms. The van der Waals surface area contributed by atoms with Crippen molar-refractivity contribution in [3.63, 3.8) is 0 Å². The summed E-state index contributed by atoms with van der Waals surface area (Å²) in [6.07, 6.45) is -5.91. The Bertz CT molecular complexity index is 867. The van der Waals surface area contributed by atoms with E-state index in [1.165, 1.54) is 7.11 Å². The molecule has 0 aliphatic carbocycles. The molecule has 26 heavy (non-hydrogen) atoms. The molecule has 0 radical (unpaired) electrons. The maximum absolute atomic E-state index is 13.3. The van der Waals surface area contributed by atoms with Gasteiger partial charge in [-0.1, -0.05) is 12.1 Å². The second-order valence-corrected chi connectivity index (χ2v) is 7.02. The minimum Gasteiger partial charge on any atom is -0.495 e. The molecule has 2 rings (SSSR count). The van der Waals surface area contributed by atoms with Crippen LogP contribution < -0.4 is 9.46 Å². The molecule has 10 heteroatoms. The van der Waals surface area contributed by atoms with Gasteiger partial charge < -0.3 is 9.84 Å². The summed E-state index contributed by atoms with van der Waals surface area (Å²) in [6, 6.07) is 6.57. The van der Waals surface area contributed by atoms with Gasteiger partial charge in [0.1, 0.15) is 16.5 Å². The van der Waals surface area contributed by atoms with Crippen LogP contribution in [0.4, 0.5) is 17.6 Å². The van der Waals surface area contributed by atoms with Crippen molar-refractivity contribution < 1.29 is 35.8 Å². The van der Waals surface area contributed by atoms with Crippen LogP contribution in [0.1, 0.15) is 17.2 Å². The first-order valence-corrected chi connectivity index (χ1v) is 8.71. The first-order chi connectivity index (χ1) is 12.0. The lowest BCUT2D eigenvalue weighted by Gasteiger charge is -2.15. The van der Waals surface area contributed by atoms with Crippen LogP contribution in [-0.4, -0.2) is 27.2 Å². The molecule has 0 unspecified atom stereocenters. The van der Waals surface area contributed by atoms with Gasteiger partial charge in [0.2, 0.25) is 10.0 Å². The summed E-state index contributed by atoms with van der Waals surface area (Å²) >= 11 is 0. The number of aliphatic hydroxyl groups excluding tert-OH is 1. The van der Waals surface area contributed by atoms with Crippen molar-refractivity contribution in [3.05, 3.63) is 59.4 Å². The smallest absolute Gasteiger partial charge is 0.416 e. The van der Waals surface area contributed by atoms with Crippen molar-refractivity contribution in [2.24, 2.45) is 0 Å². The van der Waals surface area contributed by atoms with Gasteiger partial charge in [-0.15, -0.1) is 0 Å². The van der Waals surface area contributed by atoms with E-state index in [2.05, 4.69) is 4.72 Å². The molecule has 0 fully saturated rings. The molecule has 142 valence electrons. The highest BCUT2D eigenvalue weighted by Gasteiger charge is 2.30. The second-order valence-electron chi connectivity index (χ2n) is 5.28. The number of rotatable bonds is 6. The highest BCUT2D eigenvalue weighted by atomic mass is 32.2. The lowest BCUT2D eigenvalue weighted by Crippen LogP contribution is -2.29. The van der Waals surface area contributed by atoms with Crippen LogP contribution in [0, 0.1) is 5.82 Å². The van der Waals surface area contributed by atoms with Gasteiger partial charge in [0.15, 0.2) is 0 Å². The quantitative estimate of drug-likeness (QED) is 0.740. The SMILES string of the molecule is COc1ccc(F)cc1S(=O)(=O)NC[C@@H](O)c1ccc(C(F)(F)F)cc1. The van der Waals surface area contributed by atoms with E-state index in [4.69, 9.17) is 4.74 Å². The number of benzene rings is 2. The Morgan fingerprint density at radius 2 is 1.77 bits per heavy atom. The minimum atomic E-state index is -4.51. The first kappa shape index (κ1) is 20.1. The minimum absolute atomic E-state index is 0.0897. The van der Waals surface area contributed by atoms with Gasteiger partial charge in [0.05, 0.1) is 18.8 Å². The number of hydrogen-bond donors (Lipinski definition) is 2. The molecule has 0 heterocycles. The van der Waals surface area contributed by atoms with Crippen molar-refractivity contribution in [2.75, 3.05) is 13.7 Å². The predicted molar refractivity (Wildman–Crippen MR) is 84.5 cm³/mol. The standard InChI is InChI=1S/C16H15F4NO4S/c1-25-14-7-6-12(17)8-15(14)26(23,24)21-9-13(22)10-2-4-11(5-3-10)16(18,19)20/h2-8,13,21-22H,9H2,1H3/t13-/m1/s1. The number of sulfonamides is 1. The Morgan fingerprint density at radius 3 is 2.31 bits per heavy atom. The molecule has 0 amide bonds. The summed E-state index contributed by atoms with van der Waals surface area (Å²) in [7, 11) is -3.00. The van der Waals surface area contributed by atoms with Crippen molar-refractivity contribution in [3.8, 4) is 5.75 Å². The van der Waals surface area contributed by atoms with Gasteiger partial charge >= 0.3 is 6.18 Å². The molecule has 5 nitrogen and oxygen atoms in total. The Hall–Kier alpha value is -2.17. The van der Waals surface area contributed by atoms with Crippen molar-refractivity contribution >= 4 is 10.0 Å². The number of ether oxygens (including phenoxy) is 1. The number of methoxy groups -OCH3 is 1. The maximum atomic E-state index is 13.3. The van der Waals surface area contributed by atoms with Crippen LogP contribution in [0.5, 0.6) is 5.75 Å². The van der Waals surface area contributed by atoms with Crippen molar-refractivity contribution in [2.45, 2.75) is 17.2 Å². The largest absolute Gasteiger partial charge is 0.495 e. The molecule has 0 aliphatic heterocycles. The number of aliphatic hydroxyl groups is 1. The Kier molecular flexibility index (Phi) is 5.89. The highest BCUT2D eigenvalue weighted by molar-refractivity contribution is 7.89. The third kappa shape index (κ3) is 4.71. The summed E-state index contributed by atoms with van der Waals surface area (Å²) in [4.78, 5) is -0.459. The summed E-state index contributed by atoms with van der Waals surface area (Å²) < 4.78 is 82.4. The zero-order chi connectivity index (χ0) is 19.5. The van der Waals surface area contributed by atoms with E-state index in [9.17, 15) is 31.1 Å². The summed E-state index contributed by atoms with van der Waals surface area (Å²) in [5.74, 6) is -0.891. The molecule has 2 N–H and O–H groups in total. The predicted octanol–water partition coefficient (Wildman–Crippen LogP) is 2.87. The average molecular weight is 393 g/mol. The van der Waals surface area contributed by atoms with Gasteiger partial charge in [0, 0.05) is 6.54 Å². The Labute approximate surface area is 147 Å². The molecule has 2 aromatic carbocycles. The summed E-state index contributed by atoms with van der Waals surface area (Å²) in [6.45, 7) is -0.520. The first-order valence-electron chi connectivity index (χ1n) is 7.23. The molecule has 0 saturated carbocycles. The van der Waals surface area contributed by atoms with Crippen molar-refractivity contribution in [1.29, 1.82) is 0 Å². The van der Waals surface area contributed by atoms with E-state index in [-0.39, 0.29) is 11.3 Å². The van der Waals surface area contributed by atoms with E-state index in [0.29, 0.717) is 0 Å². The van der Waals surface area contributed by atoms with Crippen LogP contribution in [0.3, 0.4) is 0 Å². The van der Waals surface area contributed by atoms with E-state index in [1.807, 2.05) is 0 Å². The fourth-order valence-electron chi connectivity index (χ4n) is 2.14. The number of hydrogen-bond acceptors (Lipinski definition) is 4. The zero-order valence-corrected chi connectivity index (χ0v) is 14.2. The van der Waals surface area contributed by atoms with Gasteiger partial charge in [0.25, 0.3) is 0 Å². The molecule has 0 aromatic heterocycles. The van der Waals surface area contributed by atoms with Crippen LogP contribution in [0.25, 0.3) is 0 Å². The summed E-state index contributed by atoms with van der Waals surface area (Å²) in [5.41, 5.74) is -0.801. The molecule has 0 aliphatic rings. The third-order valence-corrected chi connectivity index (χ3v) is 4.95. The van der Waals surface area contributed by atoms with Crippen LogP contribution in [0.2, 0.25) is 0 Å². The van der Waals surface area contributed by atoms with E-state index >= 15 is 0 Å². The third-order valence-electron chi connectivity index (χ3n) is 3.50. The molecule has 0 bridgehead atoms. The van der Waals surface area contributed by atoms with Crippen LogP contribution in [-0.2, 0) is 16.2 Å². The van der Waals surface area contributed by atoms with E-state index < -0.39 is 45.1 Å². The van der Waals surface area contributed by atoms with Gasteiger partial charge in [-0.25, -0.2) is 17.5 Å². The van der Waals surface area contributed by atoms with E-state index in [1.54, 1.807) is 0 Å². The Balaban J connectivity index is 2.13. The fraction of sp³-hybridized carbons (Fsp3) is 0.250. The molecule has 1 atom stereocenters. The number of alkyl halides is 3. The number of halogens is 4. The van der Waals surface area contributed by atoms with Crippen LogP contribution in [0.15, 0.2) is 47.4 Å². The van der Waals surface area contributed by atoms with Crippen LogP contribution >= 0.6 is 0 Å². The molecular formula is C16H15F4NO4S. The zero-order valence-electron chi connectivity index (χ0n) is 13.4. The lowest BCUT2D eigenvalue weighted by molar-refractivity contribution is -0.137.